The van der Waals surface area contributed by atoms with E-state index in [-0.39, 0.29) is 18.5 Å². The van der Waals surface area contributed by atoms with Crippen molar-refractivity contribution in [1.29, 1.82) is 0 Å². The quantitative estimate of drug-likeness (QED) is 0.0195. The predicted octanol–water partition coefficient (Wildman–Crippen LogP) is 15.4. The lowest BCUT2D eigenvalue weighted by atomic mass is 9.99. The molecule has 1 aliphatic rings. The first-order chi connectivity index (χ1) is 37.7. The van der Waals surface area contributed by atoms with Crippen LogP contribution >= 0.6 is 0 Å². The Kier molecular flexibility index (Phi) is 52.0. The van der Waals surface area contributed by atoms with Gasteiger partial charge in [0.2, 0.25) is 5.91 Å². The van der Waals surface area contributed by atoms with E-state index in [0.29, 0.717) is 19.4 Å². The molecule has 0 aliphatic carbocycles. The Balaban J connectivity index is 1.96. The third kappa shape index (κ3) is 44.8. The van der Waals surface area contributed by atoms with E-state index in [1.807, 2.05) is 19.1 Å². The highest BCUT2D eigenvalue weighted by Gasteiger charge is 2.44. The van der Waals surface area contributed by atoms with Crippen molar-refractivity contribution < 1.29 is 49.3 Å². The maximum Gasteiger partial charge on any atom is 0.305 e. The lowest BCUT2D eigenvalue weighted by Crippen LogP contribution is -2.60. The number of hydrogen-bond acceptors (Lipinski definition) is 10. The highest BCUT2D eigenvalue weighted by Crippen LogP contribution is 2.23. The van der Waals surface area contributed by atoms with Gasteiger partial charge in [-0.25, -0.2) is 0 Å². The number of allylic oxidation sites excluding steroid dienone is 9. The van der Waals surface area contributed by atoms with Crippen LogP contribution in [0.15, 0.2) is 60.8 Å². The molecule has 11 heteroatoms. The Morgan fingerprint density at radius 3 is 1.36 bits per heavy atom. The van der Waals surface area contributed by atoms with Crippen molar-refractivity contribution in [3.63, 3.8) is 0 Å². The number of carbonyl (C=O) groups excluding carboxylic acids is 2. The summed E-state index contributed by atoms with van der Waals surface area (Å²) >= 11 is 0. The summed E-state index contributed by atoms with van der Waals surface area (Å²) in [5.74, 6) is -0.205. The van der Waals surface area contributed by atoms with Crippen LogP contribution in [0.1, 0.15) is 284 Å². The van der Waals surface area contributed by atoms with Gasteiger partial charge in [0.15, 0.2) is 6.29 Å². The van der Waals surface area contributed by atoms with Gasteiger partial charge in [-0.05, 0) is 103 Å². The Labute approximate surface area is 471 Å². The first-order valence-electron chi connectivity index (χ1n) is 32.0. The normalized spacial score (nSPS) is 19.0. The summed E-state index contributed by atoms with van der Waals surface area (Å²) in [5.41, 5.74) is 0. The zero-order chi connectivity index (χ0) is 55.9. The van der Waals surface area contributed by atoms with Gasteiger partial charge in [0.1, 0.15) is 24.4 Å². The predicted molar refractivity (Wildman–Crippen MR) is 320 cm³/mol. The molecule has 1 fully saturated rings. The Morgan fingerprint density at radius 2 is 0.896 bits per heavy atom. The third-order valence-corrected chi connectivity index (χ3v) is 14.9. The molecule has 1 amide bonds. The van der Waals surface area contributed by atoms with Crippen molar-refractivity contribution in [1.82, 2.24) is 5.32 Å². The van der Waals surface area contributed by atoms with Gasteiger partial charge in [-0.3, -0.25) is 9.59 Å². The second-order valence-corrected chi connectivity index (χ2v) is 22.1. The number of aliphatic hydroxyl groups excluding tert-OH is 5. The summed E-state index contributed by atoms with van der Waals surface area (Å²) in [7, 11) is 0. The van der Waals surface area contributed by atoms with Gasteiger partial charge in [-0.15, -0.1) is 0 Å². The maximum atomic E-state index is 13.0. The zero-order valence-electron chi connectivity index (χ0n) is 49.4. The van der Waals surface area contributed by atoms with Crippen LogP contribution < -0.4 is 5.32 Å². The van der Waals surface area contributed by atoms with Gasteiger partial charge in [-0.2, -0.15) is 0 Å². The van der Waals surface area contributed by atoms with Crippen molar-refractivity contribution in [2.45, 2.75) is 326 Å². The van der Waals surface area contributed by atoms with Crippen LogP contribution in [0.5, 0.6) is 0 Å². The van der Waals surface area contributed by atoms with Crippen LogP contribution in [-0.4, -0.2) is 100 Å². The van der Waals surface area contributed by atoms with Crippen LogP contribution in [0, 0.1) is 0 Å². The van der Waals surface area contributed by atoms with Crippen molar-refractivity contribution in [2.75, 3.05) is 19.8 Å². The molecule has 1 rings (SSSR count). The van der Waals surface area contributed by atoms with E-state index in [4.69, 9.17) is 14.2 Å². The standard InChI is InChI=1S/C66H119NO10/c1-3-5-7-9-11-13-14-34-38-42-46-50-54-62(71)75-55-51-47-43-39-35-32-30-28-26-24-22-20-18-16-15-17-19-21-23-25-27-29-31-33-37-41-45-49-53-61(70)67-58(59(69)52-48-44-40-36-12-10-8-6-4-2)57-76-66-65(74)64(73)63(72)60(56-68)77-66/h4,6,11-13,15-16,36,48,52,58-60,63-66,68-69,72-74H,3,5,7-10,14,17-35,37-47,49-51,53-57H2,1-2H3,(H,67,70)/b6-4+,13-11-,16-15-,36-12+,52-48+. The van der Waals surface area contributed by atoms with E-state index in [1.54, 1.807) is 6.08 Å². The Hall–Kier alpha value is -2.64. The molecular weight excluding hydrogens is 967 g/mol. The number of nitrogens with one attached hydrogen (secondary N) is 1. The molecule has 0 aromatic carbocycles. The van der Waals surface area contributed by atoms with Crippen molar-refractivity contribution in [3.8, 4) is 0 Å². The number of rotatable bonds is 55. The molecule has 6 N–H and O–H groups in total. The lowest BCUT2D eigenvalue weighted by Gasteiger charge is -2.40. The van der Waals surface area contributed by atoms with Gasteiger partial charge >= 0.3 is 5.97 Å². The van der Waals surface area contributed by atoms with Gasteiger partial charge in [0.25, 0.3) is 0 Å². The number of hydrogen-bond donors (Lipinski definition) is 6. The Bertz CT molecular complexity index is 1460. The molecule has 7 unspecified atom stereocenters. The van der Waals surface area contributed by atoms with Crippen molar-refractivity contribution in [3.05, 3.63) is 60.8 Å². The van der Waals surface area contributed by atoms with E-state index in [0.717, 1.165) is 64.2 Å². The minimum absolute atomic E-state index is 0.00460. The fourth-order valence-corrected chi connectivity index (χ4v) is 9.82. The fraction of sp³-hybridized carbons (Fsp3) is 0.818. The molecule has 0 radical (unpaired) electrons. The number of carbonyl (C=O) groups is 2. The average molecular weight is 1090 g/mol. The van der Waals surface area contributed by atoms with Crippen LogP contribution in [-0.2, 0) is 23.8 Å². The van der Waals surface area contributed by atoms with E-state index in [9.17, 15) is 35.1 Å². The summed E-state index contributed by atoms with van der Waals surface area (Å²) in [6.45, 7) is 4.07. The molecule has 11 nitrogen and oxygen atoms in total. The summed E-state index contributed by atoms with van der Waals surface area (Å²) in [6, 6.07) is -0.834. The molecule has 1 heterocycles. The largest absolute Gasteiger partial charge is 0.466 e. The number of esters is 1. The number of aliphatic hydroxyl groups is 5. The molecule has 0 spiro atoms. The maximum absolute atomic E-state index is 13.0. The van der Waals surface area contributed by atoms with Gasteiger partial charge in [0, 0.05) is 12.8 Å². The summed E-state index contributed by atoms with van der Waals surface area (Å²) < 4.78 is 16.7. The molecule has 77 heavy (non-hydrogen) atoms. The summed E-state index contributed by atoms with van der Waals surface area (Å²) in [4.78, 5) is 25.0. The highest BCUT2D eigenvalue weighted by molar-refractivity contribution is 5.76. The molecule has 1 aliphatic heterocycles. The van der Waals surface area contributed by atoms with Crippen LogP contribution in [0.25, 0.3) is 0 Å². The fourth-order valence-electron chi connectivity index (χ4n) is 9.82. The number of amides is 1. The van der Waals surface area contributed by atoms with E-state index in [2.05, 4.69) is 54.8 Å². The van der Waals surface area contributed by atoms with E-state index in [1.165, 1.54) is 193 Å². The van der Waals surface area contributed by atoms with Crippen LogP contribution in [0.3, 0.4) is 0 Å². The first-order valence-corrected chi connectivity index (χ1v) is 32.0. The second-order valence-electron chi connectivity index (χ2n) is 22.1. The lowest BCUT2D eigenvalue weighted by molar-refractivity contribution is -0.302. The highest BCUT2D eigenvalue weighted by atomic mass is 16.7. The molecule has 448 valence electrons. The molecule has 0 aromatic heterocycles. The SMILES string of the molecule is C/C=C/CC/C=C/CC/C=C/C(O)C(COC1OC(CO)C(O)C(O)C1O)NC(=O)CCCCCCCCCCCCCC/C=C\CCCCCCCCCCCCCCOC(=O)CCCCCCC/C=C\CCCCC. The molecular formula is C66H119NO10. The number of ether oxygens (including phenoxy) is 3. The van der Waals surface area contributed by atoms with Crippen LogP contribution in [0.2, 0.25) is 0 Å². The summed E-state index contributed by atoms with van der Waals surface area (Å²) in [5, 5.41) is 54.2. The van der Waals surface area contributed by atoms with E-state index >= 15 is 0 Å². The average Bonchev–Trinajstić information content (AvgIpc) is 3.43. The van der Waals surface area contributed by atoms with Crippen molar-refractivity contribution in [2.24, 2.45) is 0 Å². The van der Waals surface area contributed by atoms with Crippen LogP contribution in [0.4, 0.5) is 0 Å². The topological polar surface area (TPSA) is 175 Å². The molecule has 7 atom stereocenters. The van der Waals surface area contributed by atoms with E-state index < -0.39 is 49.5 Å². The smallest absolute Gasteiger partial charge is 0.305 e. The molecule has 0 bridgehead atoms. The first kappa shape index (κ1) is 72.4. The third-order valence-electron chi connectivity index (χ3n) is 14.9. The Morgan fingerprint density at radius 1 is 0.494 bits per heavy atom. The zero-order valence-corrected chi connectivity index (χ0v) is 49.4. The summed E-state index contributed by atoms with van der Waals surface area (Å²) in [6.07, 6.45) is 62.3. The monoisotopic (exact) mass is 1090 g/mol. The molecule has 0 aromatic rings. The second kappa shape index (κ2) is 55.3. The minimum Gasteiger partial charge on any atom is -0.466 e. The van der Waals surface area contributed by atoms with Gasteiger partial charge in [0.05, 0.1) is 32.0 Å². The molecule has 1 saturated heterocycles. The number of unbranched alkanes of at least 4 members (excludes halogenated alkanes) is 34. The minimum atomic E-state index is -1.58. The molecule has 0 saturated carbocycles. The van der Waals surface area contributed by atoms with Crippen molar-refractivity contribution >= 4 is 11.9 Å². The van der Waals surface area contributed by atoms with Gasteiger partial charge in [-0.1, -0.05) is 228 Å². The van der Waals surface area contributed by atoms with Gasteiger partial charge < -0.3 is 45.1 Å².